The van der Waals surface area contributed by atoms with Crippen LogP contribution in [0.25, 0.3) is 0 Å². The Labute approximate surface area is 228 Å². The van der Waals surface area contributed by atoms with E-state index in [2.05, 4.69) is 64.5 Å². The number of hydrogen-bond acceptors (Lipinski definition) is 7. The molecule has 1 saturated carbocycles. The first-order valence-electron chi connectivity index (χ1n) is 13.3. The fraction of sp³-hybridized carbons (Fsp3) is 0.714. The molecule has 8 heteroatoms. The third kappa shape index (κ3) is 9.75. The van der Waals surface area contributed by atoms with Crippen molar-refractivity contribution in [3.05, 3.63) is 35.4 Å². The van der Waals surface area contributed by atoms with Gasteiger partial charge >= 0.3 is 5.97 Å². The van der Waals surface area contributed by atoms with E-state index < -0.39 is 8.32 Å². The summed E-state index contributed by atoms with van der Waals surface area (Å²) >= 11 is 3.13. The SMILES string of the molecule is C=C(C)CCC(CC=CC1CCC(O)C1CCSc1nc(C(=O)OCC)cs1)O[Si](C)(C)C(C)(C)C. The van der Waals surface area contributed by atoms with Crippen LogP contribution in [0.15, 0.2) is 34.0 Å². The largest absolute Gasteiger partial charge is 0.461 e. The van der Waals surface area contributed by atoms with Crippen LogP contribution >= 0.6 is 23.1 Å². The fourth-order valence-electron chi connectivity index (χ4n) is 4.26. The molecule has 0 amide bonds. The van der Waals surface area contributed by atoms with Crippen LogP contribution in [0.2, 0.25) is 18.1 Å². The minimum atomic E-state index is -1.85. The van der Waals surface area contributed by atoms with Crippen molar-refractivity contribution in [3.63, 3.8) is 0 Å². The number of esters is 1. The summed E-state index contributed by atoms with van der Waals surface area (Å²) in [6.45, 7) is 19.8. The molecule has 4 unspecified atom stereocenters. The Kier molecular flexibility index (Phi) is 12.4. The Morgan fingerprint density at radius 1 is 1.39 bits per heavy atom. The number of nitrogens with zero attached hydrogens (tertiary/aromatic N) is 1. The van der Waals surface area contributed by atoms with Crippen molar-refractivity contribution in [2.75, 3.05) is 12.4 Å². The number of carbonyl (C=O) groups is 1. The summed E-state index contributed by atoms with van der Waals surface area (Å²) < 4.78 is 12.7. The van der Waals surface area contributed by atoms with E-state index in [0.717, 1.165) is 48.6 Å². The van der Waals surface area contributed by atoms with Gasteiger partial charge in [-0.05, 0) is 82.3 Å². The maximum absolute atomic E-state index is 11.8. The van der Waals surface area contributed by atoms with Gasteiger partial charge in [0, 0.05) is 17.2 Å². The fourth-order valence-corrected chi connectivity index (χ4v) is 7.57. The number of carbonyl (C=O) groups excluding carboxylic acids is 1. The van der Waals surface area contributed by atoms with E-state index in [4.69, 9.17) is 9.16 Å². The van der Waals surface area contributed by atoms with Gasteiger partial charge < -0.3 is 14.3 Å². The third-order valence-corrected chi connectivity index (χ3v) is 14.0. The highest BCUT2D eigenvalue weighted by molar-refractivity contribution is 8.01. The summed E-state index contributed by atoms with van der Waals surface area (Å²) in [5, 5.41) is 12.6. The molecule has 1 aliphatic rings. The Hall–Kier alpha value is -0.933. The Bertz CT molecular complexity index is 877. The summed E-state index contributed by atoms with van der Waals surface area (Å²) in [5.74, 6) is 1.16. The lowest BCUT2D eigenvalue weighted by atomic mass is 9.91. The number of thioether (sulfide) groups is 1. The first-order valence-corrected chi connectivity index (χ1v) is 18.0. The number of thiazole rings is 1. The van der Waals surface area contributed by atoms with Crippen molar-refractivity contribution in [3.8, 4) is 0 Å². The number of ether oxygens (including phenoxy) is 1. The number of aromatic nitrogens is 1. The van der Waals surface area contributed by atoms with E-state index in [9.17, 15) is 9.90 Å². The third-order valence-electron chi connectivity index (χ3n) is 7.43. The zero-order valence-corrected chi connectivity index (χ0v) is 26.0. The molecule has 0 spiro atoms. The molecule has 0 radical (unpaired) electrons. The van der Waals surface area contributed by atoms with Crippen LogP contribution in [0.5, 0.6) is 0 Å². The van der Waals surface area contributed by atoms with Crippen LogP contribution in [0.1, 0.15) is 83.6 Å². The van der Waals surface area contributed by atoms with Gasteiger partial charge in [0.15, 0.2) is 18.4 Å². The van der Waals surface area contributed by atoms with Gasteiger partial charge in [0.05, 0.1) is 12.7 Å². The lowest BCUT2D eigenvalue weighted by Crippen LogP contribution is -2.43. The van der Waals surface area contributed by atoms with Gasteiger partial charge in [-0.25, -0.2) is 9.78 Å². The average Bonchev–Trinajstić information content (AvgIpc) is 3.38. The molecule has 5 nitrogen and oxygen atoms in total. The van der Waals surface area contributed by atoms with Crippen LogP contribution in [0.3, 0.4) is 0 Å². The molecule has 0 aliphatic heterocycles. The van der Waals surface area contributed by atoms with Crippen molar-refractivity contribution in [1.29, 1.82) is 0 Å². The molecule has 0 saturated heterocycles. The van der Waals surface area contributed by atoms with E-state index in [-0.39, 0.29) is 29.1 Å². The minimum absolute atomic E-state index is 0.186. The summed E-state index contributed by atoms with van der Waals surface area (Å²) in [4.78, 5) is 16.2. The molecule has 1 aliphatic carbocycles. The molecule has 0 bridgehead atoms. The lowest BCUT2D eigenvalue weighted by Gasteiger charge is -2.39. The quantitative estimate of drug-likeness (QED) is 0.109. The maximum atomic E-state index is 11.8. The number of allylic oxidation sites excluding steroid dienone is 2. The summed E-state index contributed by atoms with van der Waals surface area (Å²) in [6.07, 6.45) is 10.3. The van der Waals surface area contributed by atoms with Gasteiger partial charge in [-0.2, -0.15) is 0 Å². The Balaban J connectivity index is 1.92. The van der Waals surface area contributed by atoms with Crippen LogP contribution in [-0.2, 0) is 9.16 Å². The van der Waals surface area contributed by atoms with Crippen molar-refractivity contribution < 1.29 is 19.1 Å². The molecule has 1 heterocycles. The van der Waals surface area contributed by atoms with Crippen molar-refractivity contribution >= 4 is 37.4 Å². The van der Waals surface area contributed by atoms with Crippen molar-refractivity contribution in [2.45, 2.75) is 108 Å². The molecule has 36 heavy (non-hydrogen) atoms. The van der Waals surface area contributed by atoms with Crippen molar-refractivity contribution in [2.24, 2.45) is 11.8 Å². The van der Waals surface area contributed by atoms with Gasteiger partial charge in [0.1, 0.15) is 0 Å². The lowest BCUT2D eigenvalue weighted by molar-refractivity contribution is 0.0520. The predicted octanol–water partition coefficient (Wildman–Crippen LogP) is 7.88. The molecule has 204 valence electrons. The topological polar surface area (TPSA) is 68.7 Å². The molecule has 1 aromatic rings. The van der Waals surface area contributed by atoms with Crippen molar-refractivity contribution in [1.82, 2.24) is 4.98 Å². The molecular weight excluding hydrogens is 507 g/mol. The standard InChI is InChI=1S/C28H47NO4S2Si/c1-9-32-26(31)24-19-35-27(29-24)34-18-17-23-21(14-16-25(23)30)11-10-12-22(15-13-20(2)3)33-36(7,8)28(4,5)6/h10-11,19,21-23,25,30H,2,9,12-18H2,1,3-8H3. The van der Waals surface area contributed by atoms with Gasteiger partial charge in [-0.15, -0.1) is 17.9 Å². The van der Waals surface area contributed by atoms with Gasteiger partial charge in [0.2, 0.25) is 0 Å². The zero-order chi connectivity index (χ0) is 26.9. The van der Waals surface area contributed by atoms with E-state index in [0.29, 0.717) is 18.2 Å². The average molecular weight is 554 g/mol. The number of hydrogen-bond donors (Lipinski definition) is 1. The Morgan fingerprint density at radius 2 is 2.11 bits per heavy atom. The first kappa shape index (κ1) is 31.3. The second kappa shape index (κ2) is 14.3. The molecular formula is C28H47NO4S2Si. The zero-order valence-electron chi connectivity index (χ0n) is 23.3. The number of rotatable bonds is 14. The first-order chi connectivity index (χ1) is 16.8. The smallest absolute Gasteiger partial charge is 0.357 e. The molecule has 0 aromatic carbocycles. The molecule has 1 N–H and O–H groups in total. The van der Waals surface area contributed by atoms with Crippen LogP contribution in [-0.4, -0.2) is 48.9 Å². The van der Waals surface area contributed by atoms with Crippen LogP contribution in [0, 0.1) is 11.8 Å². The maximum Gasteiger partial charge on any atom is 0.357 e. The summed E-state index contributed by atoms with van der Waals surface area (Å²) in [6, 6.07) is 0. The van der Waals surface area contributed by atoms with E-state index in [1.165, 1.54) is 16.9 Å². The predicted molar refractivity (Wildman–Crippen MR) is 156 cm³/mol. The highest BCUT2D eigenvalue weighted by atomic mass is 32.2. The van der Waals surface area contributed by atoms with Gasteiger partial charge in [-0.3, -0.25) is 0 Å². The van der Waals surface area contributed by atoms with E-state index in [1.807, 2.05) is 0 Å². The normalized spacial score (nSPS) is 21.7. The molecule has 2 rings (SSSR count). The molecule has 1 aromatic heterocycles. The number of aliphatic hydroxyl groups is 1. The monoisotopic (exact) mass is 553 g/mol. The van der Waals surface area contributed by atoms with E-state index >= 15 is 0 Å². The summed E-state index contributed by atoms with van der Waals surface area (Å²) in [5.41, 5.74) is 1.58. The highest BCUT2D eigenvalue weighted by Crippen LogP contribution is 2.39. The molecule has 4 atom stereocenters. The second-order valence-corrected chi connectivity index (χ2v) is 18.4. The van der Waals surface area contributed by atoms with Crippen LogP contribution in [0.4, 0.5) is 0 Å². The second-order valence-electron chi connectivity index (χ2n) is 11.5. The van der Waals surface area contributed by atoms with Gasteiger partial charge in [-0.1, -0.05) is 50.3 Å². The van der Waals surface area contributed by atoms with Gasteiger partial charge in [0.25, 0.3) is 0 Å². The van der Waals surface area contributed by atoms with E-state index in [1.54, 1.807) is 24.1 Å². The minimum Gasteiger partial charge on any atom is -0.461 e. The Morgan fingerprint density at radius 3 is 2.75 bits per heavy atom. The molecule has 1 fully saturated rings. The highest BCUT2D eigenvalue weighted by Gasteiger charge is 2.39. The summed E-state index contributed by atoms with van der Waals surface area (Å²) in [7, 11) is -1.85. The van der Waals surface area contributed by atoms with Crippen LogP contribution < -0.4 is 0 Å². The number of aliphatic hydroxyl groups excluding tert-OH is 1.